The molecule has 0 N–H and O–H groups in total. The molecule has 0 fully saturated rings. The molecule has 0 amide bonds. The predicted molar refractivity (Wildman–Crippen MR) is 127 cm³/mol. The second-order valence-corrected chi connectivity index (χ2v) is 9.63. The molecule has 1 aromatic heterocycles. The molecule has 0 spiro atoms. The van der Waals surface area contributed by atoms with Crippen LogP contribution in [0.4, 0.5) is 0 Å². The van der Waals surface area contributed by atoms with Crippen molar-refractivity contribution in [2.24, 2.45) is 4.99 Å². The van der Waals surface area contributed by atoms with Crippen molar-refractivity contribution < 1.29 is 13.2 Å². The monoisotopic (exact) mass is 442 g/mol. The molecule has 1 atom stereocenters. The number of aryl methyl sites for hydroxylation is 1. The lowest BCUT2D eigenvalue weighted by Crippen LogP contribution is -2.15. The molecule has 0 radical (unpaired) electrons. The Hall–Kier alpha value is -3.64. The van der Waals surface area contributed by atoms with Gasteiger partial charge in [-0.3, -0.25) is 0 Å². The van der Waals surface area contributed by atoms with Crippen LogP contribution in [0.2, 0.25) is 0 Å². The van der Waals surface area contributed by atoms with Gasteiger partial charge in [-0.1, -0.05) is 60.7 Å². The van der Waals surface area contributed by atoms with Crippen LogP contribution in [-0.2, 0) is 14.8 Å². The van der Waals surface area contributed by atoms with Gasteiger partial charge in [0, 0.05) is 22.7 Å². The number of rotatable bonds is 5. The predicted octanol–water partition coefficient (Wildman–Crippen LogP) is 5.05. The van der Waals surface area contributed by atoms with Gasteiger partial charge in [-0.2, -0.15) is 0 Å². The molecule has 3 aromatic carbocycles. The second kappa shape index (κ2) is 7.80. The molecule has 6 heteroatoms. The maximum absolute atomic E-state index is 13.4. The van der Waals surface area contributed by atoms with Crippen molar-refractivity contribution in [3.63, 3.8) is 0 Å². The van der Waals surface area contributed by atoms with Crippen LogP contribution < -0.4 is 0 Å². The van der Waals surface area contributed by atoms with Crippen molar-refractivity contribution in [2.75, 3.05) is 6.54 Å². The lowest BCUT2D eigenvalue weighted by atomic mass is 10.0. The van der Waals surface area contributed by atoms with Crippen molar-refractivity contribution >= 4 is 32.4 Å². The van der Waals surface area contributed by atoms with Crippen molar-refractivity contribution in [2.45, 2.75) is 17.9 Å². The minimum atomic E-state index is -3.77. The number of hydrogen-bond acceptors (Lipinski definition) is 4. The maximum atomic E-state index is 13.4. The van der Waals surface area contributed by atoms with Gasteiger partial charge in [-0.15, -0.1) is 0 Å². The fourth-order valence-electron chi connectivity index (χ4n) is 3.90. The molecule has 4 aromatic rings. The van der Waals surface area contributed by atoms with Crippen LogP contribution in [0.25, 0.3) is 16.5 Å². The van der Waals surface area contributed by atoms with Gasteiger partial charge >= 0.3 is 0 Å². The smallest absolute Gasteiger partial charge is 0.268 e. The van der Waals surface area contributed by atoms with E-state index in [-0.39, 0.29) is 11.0 Å². The van der Waals surface area contributed by atoms with E-state index in [1.807, 2.05) is 55.5 Å². The minimum absolute atomic E-state index is 0.243. The molecule has 0 aliphatic carbocycles. The Morgan fingerprint density at radius 2 is 1.69 bits per heavy atom. The molecule has 5 nitrogen and oxygen atoms in total. The van der Waals surface area contributed by atoms with E-state index in [1.165, 1.54) is 3.97 Å². The summed E-state index contributed by atoms with van der Waals surface area (Å²) in [5.41, 5.74) is 3.96. The van der Waals surface area contributed by atoms with Gasteiger partial charge in [0.2, 0.25) is 5.90 Å². The Kier molecular flexibility index (Phi) is 4.94. The summed E-state index contributed by atoms with van der Waals surface area (Å²) in [6, 6.07) is 24.0. The van der Waals surface area contributed by atoms with Crippen LogP contribution in [0.1, 0.15) is 16.7 Å². The second-order valence-electron chi connectivity index (χ2n) is 7.82. The van der Waals surface area contributed by atoms with E-state index in [2.05, 4.69) is 11.6 Å². The van der Waals surface area contributed by atoms with E-state index < -0.39 is 10.0 Å². The first-order chi connectivity index (χ1) is 15.4. The first-order valence-electron chi connectivity index (χ1n) is 10.3. The van der Waals surface area contributed by atoms with Gasteiger partial charge in [0.1, 0.15) is 6.10 Å². The van der Waals surface area contributed by atoms with E-state index in [1.54, 1.807) is 36.5 Å². The lowest BCUT2D eigenvalue weighted by molar-refractivity contribution is 0.284. The average molecular weight is 443 g/mol. The summed E-state index contributed by atoms with van der Waals surface area (Å²) in [6.45, 7) is 6.62. The van der Waals surface area contributed by atoms with Crippen LogP contribution in [0.15, 0.2) is 102 Å². The number of aliphatic imine (C=N–C) groups is 1. The number of hydrogen-bond donors (Lipinski definition) is 0. The van der Waals surface area contributed by atoms with Crippen molar-refractivity contribution in [1.29, 1.82) is 0 Å². The average Bonchev–Trinajstić information content (AvgIpc) is 3.46. The van der Waals surface area contributed by atoms with E-state index in [9.17, 15) is 8.42 Å². The third-order valence-corrected chi connectivity index (χ3v) is 7.35. The quantitative estimate of drug-likeness (QED) is 0.435. The van der Waals surface area contributed by atoms with E-state index in [0.717, 1.165) is 22.1 Å². The third kappa shape index (κ3) is 3.42. The third-order valence-electron chi connectivity index (χ3n) is 5.67. The van der Waals surface area contributed by atoms with Crippen molar-refractivity contribution in [3.8, 4) is 0 Å². The normalized spacial score (nSPS) is 16.0. The number of nitrogens with zero attached hydrogens (tertiary/aromatic N) is 2. The maximum Gasteiger partial charge on any atom is 0.268 e. The minimum Gasteiger partial charge on any atom is -0.467 e. The molecule has 1 unspecified atom stereocenters. The lowest BCUT2D eigenvalue weighted by Gasteiger charge is -2.14. The largest absolute Gasteiger partial charge is 0.467 e. The van der Waals surface area contributed by atoms with Crippen molar-refractivity contribution in [1.82, 2.24) is 3.97 Å². The summed E-state index contributed by atoms with van der Waals surface area (Å²) >= 11 is 0. The summed E-state index contributed by atoms with van der Waals surface area (Å²) in [5.74, 6) is 0.577. The number of para-hydroxylation sites is 1. The van der Waals surface area contributed by atoms with E-state index in [4.69, 9.17) is 4.74 Å². The van der Waals surface area contributed by atoms with Gasteiger partial charge in [0.05, 0.1) is 17.0 Å². The number of ether oxygens (including phenoxy) is 1. The Balaban J connectivity index is 1.52. The topological polar surface area (TPSA) is 60.7 Å². The van der Waals surface area contributed by atoms with Crippen LogP contribution in [0.3, 0.4) is 0 Å². The van der Waals surface area contributed by atoms with E-state index >= 15 is 0 Å². The van der Waals surface area contributed by atoms with Gasteiger partial charge < -0.3 is 4.74 Å². The molecular weight excluding hydrogens is 420 g/mol. The molecule has 0 saturated heterocycles. The molecule has 2 heterocycles. The Morgan fingerprint density at radius 3 is 2.44 bits per heavy atom. The van der Waals surface area contributed by atoms with Crippen LogP contribution in [0.5, 0.6) is 0 Å². The van der Waals surface area contributed by atoms with E-state index in [0.29, 0.717) is 23.5 Å². The zero-order chi connectivity index (χ0) is 22.3. The first-order valence-corrected chi connectivity index (χ1v) is 11.8. The summed E-state index contributed by atoms with van der Waals surface area (Å²) in [7, 11) is -3.77. The Morgan fingerprint density at radius 1 is 1.00 bits per heavy atom. The Bertz CT molecular complexity index is 1450. The summed E-state index contributed by atoms with van der Waals surface area (Å²) < 4.78 is 34.3. The molecule has 160 valence electrons. The molecule has 0 saturated carbocycles. The summed E-state index contributed by atoms with van der Waals surface area (Å²) in [6.07, 6.45) is 1.29. The first kappa shape index (κ1) is 20.3. The summed E-state index contributed by atoms with van der Waals surface area (Å²) in [4.78, 5) is 4.78. The van der Waals surface area contributed by atoms with Crippen molar-refractivity contribution in [3.05, 3.63) is 108 Å². The van der Waals surface area contributed by atoms with Crippen LogP contribution >= 0.6 is 0 Å². The molecule has 32 heavy (non-hydrogen) atoms. The van der Waals surface area contributed by atoms with Gasteiger partial charge in [-0.05, 0) is 42.8 Å². The van der Waals surface area contributed by atoms with Gasteiger partial charge in [0.15, 0.2) is 0 Å². The molecular formula is C26H22N2O3S. The molecule has 0 bridgehead atoms. The highest BCUT2D eigenvalue weighted by Gasteiger charge is 2.28. The fraction of sp³-hybridized carbons (Fsp3) is 0.115. The van der Waals surface area contributed by atoms with Crippen LogP contribution in [0, 0.1) is 6.92 Å². The highest BCUT2D eigenvalue weighted by Crippen LogP contribution is 2.33. The zero-order valence-electron chi connectivity index (χ0n) is 17.6. The highest BCUT2D eigenvalue weighted by molar-refractivity contribution is 7.90. The molecule has 1 aliphatic rings. The number of benzene rings is 3. The fourth-order valence-corrected chi connectivity index (χ4v) is 5.27. The number of fused-ring (bicyclic) bond motifs is 1. The van der Waals surface area contributed by atoms with Gasteiger partial charge in [-0.25, -0.2) is 17.4 Å². The SMILES string of the molecule is C=C(c1cn(S(=O)(=O)c2ccc(C)cc2)c2ccccc12)C1CN=C(c2ccccc2)O1. The summed E-state index contributed by atoms with van der Waals surface area (Å²) in [5, 5.41) is 0.810. The van der Waals surface area contributed by atoms with Gasteiger partial charge in [0.25, 0.3) is 10.0 Å². The highest BCUT2D eigenvalue weighted by atomic mass is 32.2. The molecule has 5 rings (SSSR count). The standard InChI is InChI=1S/C26H22N2O3S/c1-18-12-14-21(15-13-18)32(29,30)28-17-23(22-10-6-7-11-24(22)28)19(2)25-16-27-26(31-25)20-8-4-3-5-9-20/h3-15,17,25H,2,16H2,1H3. The zero-order valence-corrected chi connectivity index (χ0v) is 18.4. The Labute approximate surface area is 187 Å². The van der Waals surface area contributed by atoms with Crippen LogP contribution in [-0.4, -0.2) is 30.9 Å². The molecule has 1 aliphatic heterocycles. The number of aromatic nitrogens is 1.